The Morgan fingerprint density at radius 1 is 1.35 bits per heavy atom. The molecule has 0 saturated carbocycles. The first-order chi connectivity index (χ1) is 12.6. The highest BCUT2D eigenvalue weighted by Crippen LogP contribution is 2.20. The molecule has 1 unspecified atom stereocenters. The van der Waals surface area contributed by atoms with Crippen molar-refractivity contribution in [2.45, 2.75) is 19.4 Å². The second-order valence-corrected chi connectivity index (χ2v) is 7.19. The van der Waals surface area contributed by atoms with E-state index in [1.807, 2.05) is 23.6 Å². The molecule has 26 heavy (non-hydrogen) atoms. The maximum Gasteiger partial charge on any atom is 0.224 e. The van der Waals surface area contributed by atoms with Crippen molar-refractivity contribution < 1.29 is 14.3 Å². The Morgan fingerprint density at radius 2 is 2.15 bits per heavy atom. The number of ketones is 1. The number of hydrogen-bond donors (Lipinski definition) is 1. The minimum absolute atomic E-state index is 0.0271. The van der Waals surface area contributed by atoms with Gasteiger partial charge in [-0.2, -0.15) is 0 Å². The summed E-state index contributed by atoms with van der Waals surface area (Å²) in [7, 11) is 0. The van der Waals surface area contributed by atoms with E-state index in [1.165, 1.54) is 18.3 Å². The monoisotopic (exact) mass is 373 g/mol. The summed E-state index contributed by atoms with van der Waals surface area (Å²) >= 11 is 1.38. The molecular weight excluding hydrogens is 350 g/mol. The van der Waals surface area contributed by atoms with Gasteiger partial charge in [-0.3, -0.25) is 19.5 Å². The molecule has 3 heterocycles. The molecule has 1 N–H and O–H groups in total. The summed E-state index contributed by atoms with van der Waals surface area (Å²) in [5.74, 6) is -0.0173. The number of ether oxygens (including phenoxy) is 1. The maximum atomic E-state index is 12.4. The van der Waals surface area contributed by atoms with E-state index >= 15 is 0 Å². The molecule has 2 aromatic heterocycles. The number of thiophene rings is 1. The maximum absolute atomic E-state index is 12.4. The van der Waals surface area contributed by atoms with Gasteiger partial charge in [0.05, 0.1) is 36.2 Å². The van der Waals surface area contributed by atoms with Crippen LogP contribution in [-0.4, -0.2) is 54.4 Å². The number of Topliss-reactive ketones (excluding diaryl/α,β-unsaturated/α-hetero) is 1. The van der Waals surface area contributed by atoms with Gasteiger partial charge in [-0.25, -0.2) is 0 Å². The molecule has 2 aromatic rings. The Morgan fingerprint density at radius 3 is 2.81 bits per heavy atom. The summed E-state index contributed by atoms with van der Waals surface area (Å²) in [6.45, 7) is 5.07. The average Bonchev–Trinajstić information content (AvgIpc) is 3.12. The van der Waals surface area contributed by atoms with Gasteiger partial charge in [-0.15, -0.1) is 11.3 Å². The molecule has 138 valence electrons. The van der Waals surface area contributed by atoms with E-state index in [4.69, 9.17) is 4.74 Å². The molecule has 1 saturated heterocycles. The third kappa shape index (κ3) is 4.97. The number of carbonyl (C=O) groups is 2. The molecule has 0 aromatic carbocycles. The number of rotatable bonds is 7. The molecule has 1 amide bonds. The number of morpholine rings is 1. The SMILES string of the molecule is CC(=O)c1cc(CC(=O)NCC(c2ccccn2)N2CCOCC2)cs1. The van der Waals surface area contributed by atoms with Crippen molar-refractivity contribution >= 4 is 23.0 Å². The summed E-state index contributed by atoms with van der Waals surface area (Å²) in [5.41, 5.74) is 1.82. The predicted molar refractivity (Wildman–Crippen MR) is 100 cm³/mol. The van der Waals surface area contributed by atoms with Crippen LogP contribution in [0, 0.1) is 0 Å². The Balaban J connectivity index is 1.61. The molecule has 6 nitrogen and oxygen atoms in total. The smallest absolute Gasteiger partial charge is 0.224 e. The Hall–Kier alpha value is -2.09. The molecular formula is C19H23N3O3S. The molecule has 1 aliphatic heterocycles. The first-order valence-electron chi connectivity index (χ1n) is 8.71. The van der Waals surface area contributed by atoms with Crippen molar-refractivity contribution in [3.05, 3.63) is 52.0 Å². The molecule has 0 bridgehead atoms. The number of nitrogens with one attached hydrogen (secondary N) is 1. The highest BCUT2D eigenvalue weighted by atomic mass is 32.1. The molecule has 3 rings (SSSR count). The van der Waals surface area contributed by atoms with Gasteiger partial charge in [0.25, 0.3) is 0 Å². The zero-order chi connectivity index (χ0) is 18.4. The van der Waals surface area contributed by atoms with Gasteiger partial charge in [0.1, 0.15) is 0 Å². The summed E-state index contributed by atoms with van der Waals surface area (Å²) in [5, 5.41) is 4.89. The van der Waals surface area contributed by atoms with Crippen LogP contribution in [0.1, 0.15) is 33.9 Å². The van der Waals surface area contributed by atoms with Gasteiger partial charge in [0, 0.05) is 25.8 Å². The highest BCUT2D eigenvalue weighted by Gasteiger charge is 2.24. The van der Waals surface area contributed by atoms with E-state index in [0.717, 1.165) is 24.3 Å². The van der Waals surface area contributed by atoms with Crippen molar-refractivity contribution in [2.24, 2.45) is 0 Å². The van der Waals surface area contributed by atoms with Gasteiger partial charge < -0.3 is 10.1 Å². The van der Waals surface area contributed by atoms with Crippen LogP contribution < -0.4 is 5.32 Å². The quantitative estimate of drug-likeness (QED) is 0.753. The molecule has 1 fully saturated rings. The van der Waals surface area contributed by atoms with Crippen molar-refractivity contribution in [3.63, 3.8) is 0 Å². The number of pyridine rings is 1. The number of hydrogen-bond acceptors (Lipinski definition) is 6. The zero-order valence-electron chi connectivity index (χ0n) is 14.8. The van der Waals surface area contributed by atoms with Crippen LogP contribution in [-0.2, 0) is 16.0 Å². The normalized spacial score (nSPS) is 16.2. The molecule has 1 aliphatic rings. The first kappa shape index (κ1) is 18.7. The van der Waals surface area contributed by atoms with Crippen LogP contribution in [0.5, 0.6) is 0 Å². The van der Waals surface area contributed by atoms with Crippen LogP contribution in [0.2, 0.25) is 0 Å². The van der Waals surface area contributed by atoms with Crippen molar-refractivity contribution in [2.75, 3.05) is 32.8 Å². The fourth-order valence-electron chi connectivity index (χ4n) is 2.99. The number of carbonyl (C=O) groups excluding carboxylic acids is 2. The second kappa shape index (κ2) is 9.02. The Labute approximate surface area is 157 Å². The van der Waals surface area contributed by atoms with Gasteiger partial charge in [0.15, 0.2) is 5.78 Å². The zero-order valence-corrected chi connectivity index (χ0v) is 15.6. The van der Waals surface area contributed by atoms with Crippen LogP contribution in [0.4, 0.5) is 0 Å². The van der Waals surface area contributed by atoms with Gasteiger partial charge >= 0.3 is 0 Å². The van der Waals surface area contributed by atoms with E-state index in [1.54, 1.807) is 12.3 Å². The minimum atomic E-state index is -0.0490. The van der Waals surface area contributed by atoms with E-state index < -0.39 is 0 Å². The Bertz CT molecular complexity index is 741. The summed E-state index contributed by atoms with van der Waals surface area (Å²) < 4.78 is 5.44. The number of amides is 1. The minimum Gasteiger partial charge on any atom is -0.379 e. The third-order valence-corrected chi connectivity index (χ3v) is 5.45. The topological polar surface area (TPSA) is 71.5 Å². The molecule has 1 atom stereocenters. The fourth-order valence-corrected chi connectivity index (χ4v) is 3.81. The van der Waals surface area contributed by atoms with Crippen molar-refractivity contribution in [3.8, 4) is 0 Å². The van der Waals surface area contributed by atoms with Crippen LogP contribution in [0.3, 0.4) is 0 Å². The fraction of sp³-hybridized carbons (Fsp3) is 0.421. The van der Waals surface area contributed by atoms with E-state index in [2.05, 4.69) is 15.2 Å². The summed E-state index contributed by atoms with van der Waals surface area (Å²) in [6, 6.07) is 7.67. The molecule has 0 spiro atoms. The first-order valence-corrected chi connectivity index (χ1v) is 9.59. The van der Waals surface area contributed by atoms with Gasteiger partial charge in [-0.05, 0) is 36.1 Å². The molecule has 7 heteroatoms. The van der Waals surface area contributed by atoms with E-state index in [-0.39, 0.29) is 24.2 Å². The number of aromatic nitrogens is 1. The highest BCUT2D eigenvalue weighted by molar-refractivity contribution is 7.12. The lowest BCUT2D eigenvalue weighted by Gasteiger charge is -2.34. The van der Waals surface area contributed by atoms with Gasteiger partial charge in [-0.1, -0.05) is 6.07 Å². The van der Waals surface area contributed by atoms with E-state index in [9.17, 15) is 9.59 Å². The molecule has 0 radical (unpaired) electrons. The lowest BCUT2D eigenvalue weighted by atomic mass is 10.1. The van der Waals surface area contributed by atoms with Crippen LogP contribution >= 0.6 is 11.3 Å². The largest absolute Gasteiger partial charge is 0.379 e. The lowest BCUT2D eigenvalue weighted by Crippen LogP contribution is -2.44. The van der Waals surface area contributed by atoms with Gasteiger partial charge in [0.2, 0.25) is 5.91 Å². The lowest BCUT2D eigenvalue weighted by molar-refractivity contribution is -0.120. The summed E-state index contributed by atoms with van der Waals surface area (Å²) in [6.07, 6.45) is 2.06. The van der Waals surface area contributed by atoms with Crippen LogP contribution in [0.25, 0.3) is 0 Å². The number of nitrogens with zero attached hydrogens (tertiary/aromatic N) is 2. The summed E-state index contributed by atoms with van der Waals surface area (Å²) in [4.78, 5) is 31.2. The van der Waals surface area contributed by atoms with E-state index in [0.29, 0.717) is 24.6 Å². The standard InChI is InChI=1S/C19H23N3O3S/c1-14(23)18-10-15(13-26-18)11-19(24)21-12-17(16-4-2-3-5-20-16)22-6-8-25-9-7-22/h2-5,10,13,17H,6-9,11-12H2,1H3,(H,21,24). The Kier molecular flexibility index (Phi) is 6.49. The van der Waals surface area contributed by atoms with Crippen molar-refractivity contribution in [1.82, 2.24) is 15.2 Å². The second-order valence-electron chi connectivity index (χ2n) is 6.27. The third-order valence-electron chi connectivity index (χ3n) is 4.37. The van der Waals surface area contributed by atoms with Crippen LogP contribution in [0.15, 0.2) is 35.8 Å². The van der Waals surface area contributed by atoms with Crippen molar-refractivity contribution in [1.29, 1.82) is 0 Å². The molecule has 0 aliphatic carbocycles. The predicted octanol–water partition coefficient (Wildman–Crippen LogP) is 2.08. The average molecular weight is 373 g/mol.